The zero-order chi connectivity index (χ0) is 14.0. The lowest BCUT2D eigenvalue weighted by molar-refractivity contribution is -0.129. The molecular weight excluding hydrogens is 286 g/mol. The third kappa shape index (κ3) is 3.67. The SMILES string of the molecule is CC1(C(N)=O)CCN(Cc2ccc(F)cc2F)CC1.Cl. The van der Waals surface area contributed by atoms with Gasteiger partial charge in [0.25, 0.3) is 0 Å². The second kappa shape index (κ2) is 6.50. The molecule has 0 atom stereocenters. The third-order valence-electron chi connectivity index (χ3n) is 3.96. The van der Waals surface area contributed by atoms with Crippen LogP contribution in [0.3, 0.4) is 0 Å². The van der Waals surface area contributed by atoms with Crippen LogP contribution in [0.15, 0.2) is 18.2 Å². The number of carbonyl (C=O) groups excluding carboxylic acids is 1. The quantitative estimate of drug-likeness (QED) is 0.932. The monoisotopic (exact) mass is 304 g/mol. The van der Waals surface area contributed by atoms with Gasteiger partial charge in [-0.15, -0.1) is 12.4 Å². The van der Waals surface area contributed by atoms with E-state index in [1.165, 1.54) is 12.1 Å². The topological polar surface area (TPSA) is 46.3 Å². The van der Waals surface area contributed by atoms with E-state index in [9.17, 15) is 13.6 Å². The van der Waals surface area contributed by atoms with E-state index >= 15 is 0 Å². The van der Waals surface area contributed by atoms with E-state index in [2.05, 4.69) is 4.90 Å². The molecule has 3 nitrogen and oxygen atoms in total. The van der Waals surface area contributed by atoms with Crippen molar-refractivity contribution in [3.63, 3.8) is 0 Å². The lowest BCUT2D eigenvalue weighted by Gasteiger charge is -2.37. The molecule has 0 bridgehead atoms. The number of nitrogens with two attached hydrogens (primary N) is 1. The van der Waals surface area contributed by atoms with Gasteiger partial charge in [-0.3, -0.25) is 9.69 Å². The van der Waals surface area contributed by atoms with Gasteiger partial charge < -0.3 is 5.73 Å². The van der Waals surface area contributed by atoms with Gasteiger partial charge in [0, 0.05) is 23.6 Å². The number of carbonyl (C=O) groups is 1. The summed E-state index contributed by atoms with van der Waals surface area (Å²) >= 11 is 0. The van der Waals surface area contributed by atoms with Crippen molar-refractivity contribution in [2.75, 3.05) is 13.1 Å². The van der Waals surface area contributed by atoms with Crippen molar-refractivity contribution < 1.29 is 13.6 Å². The fourth-order valence-corrected chi connectivity index (χ4v) is 2.34. The Balaban J connectivity index is 0.00000200. The molecular formula is C14H19ClF2N2O. The Labute approximate surface area is 123 Å². The van der Waals surface area contributed by atoms with Crippen LogP contribution in [0.25, 0.3) is 0 Å². The van der Waals surface area contributed by atoms with Crippen LogP contribution in [0.4, 0.5) is 8.78 Å². The number of hydrogen-bond acceptors (Lipinski definition) is 2. The minimum absolute atomic E-state index is 0. The maximum atomic E-state index is 13.5. The van der Waals surface area contributed by atoms with E-state index in [-0.39, 0.29) is 18.3 Å². The molecule has 0 radical (unpaired) electrons. The highest BCUT2D eigenvalue weighted by Gasteiger charge is 2.35. The number of amides is 1. The molecule has 1 aromatic carbocycles. The lowest BCUT2D eigenvalue weighted by Crippen LogP contribution is -2.45. The van der Waals surface area contributed by atoms with Crippen molar-refractivity contribution in [3.05, 3.63) is 35.4 Å². The molecule has 20 heavy (non-hydrogen) atoms. The zero-order valence-electron chi connectivity index (χ0n) is 11.4. The average molecular weight is 305 g/mol. The van der Waals surface area contributed by atoms with Gasteiger partial charge in [0.1, 0.15) is 11.6 Å². The Morgan fingerprint density at radius 2 is 1.95 bits per heavy atom. The minimum atomic E-state index is -0.568. The number of likely N-dealkylation sites (tertiary alicyclic amines) is 1. The maximum absolute atomic E-state index is 13.5. The normalized spacial score (nSPS) is 18.4. The number of rotatable bonds is 3. The summed E-state index contributed by atoms with van der Waals surface area (Å²) in [5.41, 5.74) is 5.40. The second-order valence-electron chi connectivity index (χ2n) is 5.44. The van der Waals surface area contributed by atoms with E-state index in [1.807, 2.05) is 6.92 Å². The van der Waals surface area contributed by atoms with Gasteiger partial charge in [-0.2, -0.15) is 0 Å². The molecule has 1 aliphatic heterocycles. The highest BCUT2D eigenvalue weighted by atomic mass is 35.5. The summed E-state index contributed by atoms with van der Waals surface area (Å²) in [6, 6.07) is 3.62. The Morgan fingerprint density at radius 1 is 1.35 bits per heavy atom. The van der Waals surface area contributed by atoms with Crippen LogP contribution in [0.5, 0.6) is 0 Å². The van der Waals surface area contributed by atoms with E-state index in [0.717, 1.165) is 6.07 Å². The van der Waals surface area contributed by atoms with E-state index < -0.39 is 17.0 Å². The standard InChI is InChI=1S/C14H18F2N2O.ClH/c1-14(13(17)19)4-6-18(7-5-14)9-10-2-3-11(15)8-12(10)16;/h2-3,8H,4-7,9H2,1H3,(H2,17,19);1H. The van der Waals surface area contributed by atoms with Crippen LogP contribution >= 0.6 is 12.4 Å². The second-order valence-corrected chi connectivity index (χ2v) is 5.44. The van der Waals surface area contributed by atoms with Crippen LogP contribution < -0.4 is 5.73 Å². The first-order valence-corrected chi connectivity index (χ1v) is 6.37. The molecule has 0 spiro atoms. The Bertz CT molecular complexity index is 488. The fourth-order valence-electron chi connectivity index (χ4n) is 2.34. The first-order valence-electron chi connectivity index (χ1n) is 6.37. The van der Waals surface area contributed by atoms with Gasteiger partial charge in [0.15, 0.2) is 0 Å². The number of piperidine rings is 1. The molecule has 1 aromatic rings. The van der Waals surface area contributed by atoms with Gasteiger partial charge in [0.05, 0.1) is 0 Å². The van der Waals surface area contributed by atoms with Crippen molar-refractivity contribution in [1.82, 2.24) is 4.90 Å². The van der Waals surface area contributed by atoms with Gasteiger partial charge in [-0.1, -0.05) is 13.0 Å². The summed E-state index contributed by atoms with van der Waals surface area (Å²) in [6.07, 6.45) is 1.34. The molecule has 0 unspecified atom stereocenters. The van der Waals surface area contributed by atoms with Crippen molar-refractivity contribution in [2.24, 2.45) is 11.1 Å². The Morgan fingerprint density at radius 3 is 2.45 bits per heavy atom. The average Bonchev–Trinajstić information content (AvgIpc) is 2.35. The van der Waals surface area contributed by atoms with E-state index in [0.29, 0.717) is 38.0 Å². The molecule has 1 amide bonds. The summed E-state index contributed by atoms with van der Waals surface area (Å²) in [5.74, 6) is -1.37. The number of benzene rings is 1. The van der Waals surface area contributed by atoms with Crippen molar-refractivity contribution >= 4 is 18.3 Å². The predicted molar refractivity (Wildman–Crippen MR) is 75.4 cm³/mol. The summed E-state index contributed by atoms with van der Waals surface area (Å²) in [5, 5.41) is 0. The molecule has 1 fully saturated rings. The van der Waals surface area contributed by atoms with E-state index in [4.69, 9.17) is 5.73 Å². The molecule has 112 valence electrons. The van der Waals surface area contributed by atoms with Crippen LogP contribution in [0.1, 0.15) is 25.3 Å². The van der Waals surface area contributed by atoms with Crippen molar-refractivity contribution in [3.8, 4) is 0 Å². The summed E-state index contributed by atoms with van der Waals surface area (Å²) < 4.78 is 26.4. The Kier molecular flexibility index (Phi) is 5.48. The molecule has 1 saturated heterocycles. The minimum Gasteiger partial charge on any atom is -0.369 e. The van der Waals surface area contributed by atoms with Crippen LogP contribution in [-0.4, -0.2) is 23.9 Å². The maximum Gasteiger partial charge on any atom is 0.223 e. The lowest BCUT2D eigenvalue weighted by atomic mass is 9.80. The summed E-state index contributed by atoms with van der Waals surface area (Å²) in [6.45, 7) is 3.68. The molecule has 2 rings (SSSR count). The third-order valence-corrected chi connectivity index (χ3v) is 3.96. The zero-order valence-corrected chi connectivity index (χ0v) is 12.2. The summed E-state index contributed by atoms with van der Waals surface area (Å²) in [4.78, 5) is 13.4. The smallest absolute Gasteiger partial charge is 0.223 e. The number of halogens is 3. The summed E-state index contributed by atoms with van der Waals surface area (Å²) in [7, 11) is 0. The first kappa shape index (κ1) is 16.9. The first-order chi connectivity index (χ1) is 8.90. The molecule has 2 N–H and O–H groups in total. The molecule has 0 aromatic heterocycles. The molecule has 0 saturated carbocycles. The van der Waals surface area contributed by atoms with Gasteiger partial charge >= 0.3 is 0 Å². The van der Waals surface area contributed by atoms with Gasteiger partial charge in [-0.25, -0.2) is 8.78 Å². The fraction of sp³-hybridized carbons (Fsp3) is 0.500. The molecule has 1 heterocycles. The Hall–Kier alpha value is -1.20. The molecule has 1 aliphatic rings. The van der Waals surface area contributed by atoms with Gasteiger partial charge in [0.2, 0.25) is 5.91 Å². The van der Waals surface area contributed by atoms with Gasteiger partial charge in [-0.05, 0) is 32.0 Å². The molecule has 0 aliphatic carbocycles. The van der Waals surface area contributed by atoms with Crippen LogP contribution in [0.2, 0.25) is 0 Å². The molecule has 6 heteroatoms. The number of primary amides is 1. The van der Waals surface area contributed by atoms with Crippen molar-refractivity contribution in [2.45, 2.75) is 26.3 Å². The largest absolute Gasteiger partial charge is 0.369 e. The van der Waals surface area contributed by atoms with E-state index in [1.54, 1.807) is 0 Å². The van der Waals surface area contributed by atoms with Crippen LogP contribution in [-0.2, 0) is 11.3 Å². The van der Waals surface area contributed by atoms with Crippen molar-refractivity contribution in [1.29, 1.82) is 0 Å². The predicted octanol–water partition coefficient (Wildman–Crippen LogP) is 2.47. The highest BCUT2D eigenvalue weighted by molar-refractivity contribution is 5.85. The number of nitrogens with zero attached hydrogens (tertiary/aromatic N) is 1. The highest BCUT2D eigenvalue weighted by Crippen LogP contribution is 2.31. The van der Waals surface area contributed by atoms with Crippen LogP contribution in [0, 0.1) is 17.0 Å². The number of hydrogen-bond donors (Lipinski definition) is 1.